The molecule has 0 atom stereocenters. The molecule has 2 aromatic rings. The first kappa shape index (κ1) is 13.7. The average Bonchev–Trinajstić information content (AvgIpc) is 3.11. The quantitative estimate of drug-likeness (QED) is 0.828. The van der Waals surface area contributed by atoms with Gasteiger partial charge in [0.05, 0.1) is 32.7 Å². The Labute approximate surface area is 114 Å². The van der Waals surface area contributed by atoms with Crippen molar-refractivity contribution in [3.05, 3.63) is 29.6 Å². The number of hydrogen-bond donors (Lipinski definition) is 2. The van der Waals surface area contributed by atoms with E-state index in [-0.39, 0.29) is 5.69 Å². The number of methoxy groups -OCH3 is 3. The third kappa shape index (κ3) is 2.37. The molecule has 0 unspecified atom stereocenters. The van der Waals surface area contributed by atoms with E-state index in [9.17, 15) is 9.59 Å². The zero-order valence-electron chi connectivity index (χ0n) is 11.3. The number of esters is 2. The summed E-state index contributed by atoms with van der Waals surface area (Å²) in [7, 11) is 4.04. The number of aromatic nitrogens is 2. The van der Waals surface area contributed by atoms with Crippen LogP contribution in [0.4, 0.5) is 0 Å². The van der Waals surface area contributed by atoms with Crippen molar-refractivity contribution in [1.82, 2.24) is 9.97 Å². The maximum Gasteiger partial charge on any atom is 0.358 e. The molecule has 2 aromatic heterocycles. The SMILES string of the molecule is COC(=O)c1ccc(-c2cc(OC)c(C(=O)OC)[nH]2)[nH]1. The Morgan fingerprint density at radius 3 is 2.25 bits per heavy atom. The summed E-state index contributed by atoms with van der Waals surface area (Å²) < 4.78 is 14.4. The van der Waals surface area contributed by atoms with Gasteiger partial charge < -0.3 is 24.2 Å². The van der Waals surface area contributed by atoms with Gasteiger partial charge in [0, 0.05) is 6.07 Å². The molecule has 0 aliphatic carbocycles. The lowest BCUT2D eigenvalue weighted by atomic mass is 10.3. The van der Waals surface area contributed by atoms with Gasteiger partial charge in [-0.25, -0.2) is 9.59 Å². The first-order valence-corrected chi connectivity index (χ1v) is 5.73. The van der Waals surface area contributed by atoms with Gasteiger partial charge in [-0.2, -0.15) is 0 Å². The Bertz CT molecular complexity index is 641. The van der Waals surface area contributed by atoms with Gasteiger partial charge in [-0.05, 0) is 12.1 Å². The highest BCUT2D eigenvalue weighted by Crippen LogP contribution is 2.27. The zero-order valence-corrected chi connectivity index (χ0v) is 11.3. The Balaban J connectivity index is 2.38. The minimum atomic E-state index is -0.534. The van der Waals surface area contributed by atoms with Gasteiger partial charge in [0.2, 0.25) is 0 Å². The molecule has 0 bridgehead atoms. The van der Waals surface area contributed by atoms with Crippen LogP contribution < -0.4 is 4.74 Å². The summed E-state index contributed by atoms with van der Waals surface area (Å²) in [6, 6.07) is 4.92. The van der Waals surface area contributed by atoms with E-state index in [1.165, 1.54) is 21.3 Å². The summed E-state index contributed by atoms with van der Waals surface area (Å²) in [5, 5.41) is 0. The second-order valence-electron chi connectivity index (χ2n) is 3.90. The lowest BCUT2D eigenvalue weighted by Crippen LogP contribution is -2.03. The Hall–Kier alpha value is -2.70. The molecular formula is C13H14N2O5. The minimum absolute atomic E-state index is 0.208. The van der Waals surface area contributed by atoms with E-state index in [2.05, 4.69) is 19.4 Å². The normalized spacial score (nSPS) is 10.2. The summed E-state index contributed by atoms with van der Waals surface area (Å²) >= 11 is 0. The predicted octanol–water partition coefficient (Wildman–Crippen LogP) is 1.59. The summed E-state index contributed by atoms with van der Waals surface area (Å²) in [6.45, 7) is 0. The lowest BCUT2D eigenvalue weighted by Gasteiger charge is -1.99. The highest BCUT2D eigenvalue weighted by Gasteiger charge is 2.18. The van der Waals surface area contributed by atoms with Crippen LogP contribution in [0.15, 0.2) is 18.2 Å². The van der Waals surface area contributed by atoms with Gasteiger partial charge in [-0.15, -0.1) is 0 Å². The molecule has 0 amide bonds. The fourth-order valence-corrected chi connectivity index (χ4v) is 1.78. The van der Waals surface area contributed by atoms with Gasteiger partial charge in [0.1, 0.15) is 5.69 Å². The number of hydrogen-bond acceptors (Lipinski definition) is 5. The summed E-state index contributed by atoms with van der Waals surface area (Å²) in [6.07, 6.45) is 0. The second-order valence-corrected chi connectivity index (χ2v) is 3.90. The van der Waals surface area contributed by atoms with Gasteiger partial charge in [-0.1, -0.05) is 0 Å². The number of aromatic amines is 2. The summed E-state index contributed by atoms with van der Waals surface area (Å²) in [4.78, 5) is 28.7. The Morgan fingerprint density at radius 1 is 0.950 bits per heavy atom. The maximum absolute atomic E-state index is 11.6. The van der Waals surface area contributed by atoms with Gasteiger partial charge >= 0.3 is 11.9 Å². The second kappa shape index (κ2) is 5.52. The zero-order chi connectivity index (χ0) is 14.7. The van der Waals surface area contributed by atoms with Crippen LogP contribution in [0.25, 0.3) is 11.4 Å². The highest BCUT2D eigenvalue weighted by molar-refractivity contribution is 5.92. The monoisotopic (exact) mass is 278 g/mol. The van der Waals surface area contributed by atoms with Crippen LogP contribution in [0.2, 0.25) is 0 Å². The minimum Gasteiger partial charge on any atom is -0.494 e. The maximum atomic E-state index is 11.6. The van der Waals surface area contributed by atoms with Gasteiger partial charge in [0.15, 0.2) is 11.4 Å². The van der Waals surface area contributed by atoms with E-state index in [4.69, 9.17) is 4.74 Å². The summed E-state index contributed by atoms with van der Waals surface area (Å²) in [5.74, 6) is -0.642. The fourth-order valence-electron chi connectivity index (χ4n) is 1.78. The van der Waals surface area contributed by atoms with E-state index in [1.54, 1.807) is 18.2 Å². The molecule has 0 spiro atoms. The topological polar surface area (TPSA) is 93.4 Å². The molecule has 0 radical (unpaired) electrons. The fraction of sp³-hybridized carbons (Fsp3) is 0.231. The molecule has 106 valence electrons. The van der Waals surface area contributed by atoms with Crippen molar-refractivity contribution >= 4 is 11.9 Å². The van der Waals surface area contributed by atoms with Crippen molar-refractivity contribution in [3.8, 4) is 17.1 Å². The molecule has 20 heavy (non-hydrogen) atoms. The third-order valence-electron chi connectivity index (χ3n) is 2.77. The standard InChI is InChI=1S/C13H14N2O5/c1-18-10-6-9(15-11(10)13(17)20-3)7-4-5-8(14-7)12(16)19-2/h4-6,14-15H,1-3H3. The number of rotatable bonds is 4. The van der Waals surface area contributed by atoms with Gasteiger partial charge in [-0.3, -0.25) is 0 Å². The molecule has 2 N–H and O–H groups in total. The number of carbonyl (C=O) groups is 2. The molecule has 0 aliphatic heterocycles. The van der Waals surface area contributed by atoms with Crippen LogP contribution in [-0.2, 0) is 9.47 Å². The average molecular weight is 278 g/mol. The Morgan fingerprint density at radius 2 is 1.65 bits per heavy atom. The number of H-pyrrole nitrogens is 2. The van der Waals surface area contributed by atoms with Gasteiger partial charge in [0.25, 0.3) is 0 Å². The van der Waals surface area contributed by atoms with Crippen LogP contribution in [0.1, 0.15) is 21.0 Å². The third-order valence-corrected chi connectivity index (χ3v) is 2.77. The predicted molar refractivity (Wildman–Crippen MR) is 69.8 cm³/mol. The van der Waals surface area contributed by atoms with E-state index < -0.39 is 11.9 Å². The lowest BCUT2D eigenvalue weighted by molar-refractivity contribution is 0.0583. The molecule has 7 nitrogen and oxygen atoms in total. The van der Waals surface area contributed by atoms with Crippen molar-refractivity contribution in [1.29, 1.82) is 0 Å². The molecular weight excluding hydrogens is 264 g/mol. The van der Waals surface area contributed by atoms with Crippen LogP contribution in [0.3, 0.4) is 0 Å². The molecule has 0 saturated heterocycles. The van der Waals surface area contributed by atoms with Crippen molar-refractivity contribution in [2.24, 2.45) is 0 Å². The van der Waals surface area contributed by atoms with Crippen LogP contribution in [0.5, 0.6) is 5.75 Å². The summed E-state index contributed by atoms with van der Waals surface area (Å²) in [5.41, 5.74) is 1.74. The van der Waals surface area contributed by atoms with Crippen molar-refractivity contribution in [3.63, 3.8) is 0 Å². The molecule has 2 rings (SSSR count). The molecule has 0 aliphatic rings. The molecule has 7 heteroatoms. The number of ether oxygens (including phenoxy) is 3. The molecule has 2 heterocycles. The molecule has 0 fully saturated rings. The van der Waals surface area contributed by atoms with Crippen LogP contribution in [0, 0.1) is 0 Å². The van der Waals surface area contributed by atoms with Crippen molar-refractivity contribution in [2.75, 3.05) is 21.3 Å². The van der Waals surface area contributed by atoms with Crippen LogP contribution in [-0.4, -0.2) is 43.2 Å². The van der Waals surface area contributed by atoms with E-state index >= 15 is 0 Å². The largest absolute Gasteiger partial charge is 0.494 e. The van der Waals surface area contributed by atoms with Crippen molar-refractivity contribution < 1.29 is 23.8 Å². The van der Waals surface area contributed by atoms with Crippen molar-refractivity contribution in [2.45, 2.75) is 0 Å². The highest BCUT2D eigenvalue weighted by atomic mass is 16.5. The Kier molecular flexibility index (Phi) is 3.79. The number of nitrogens with one attached hydrogen (secondary N) is 2. The molecule has 0 saturated carbocycles. The smallest absolute Gasteiger partial charge is 0.358 e. The van der Waals surface area contributed by atoms with E-state index in [0.29, 0.717) is 22.8 Å². The first-order chi connectivity index (χ1) is 9.60. The van der Waals surface area contributed by atoms with E-state index in [1.807, 2.05) is 0 Å². The molecule has 0 aromatic carbocycles. The number of carbonyl (C=O) groups excluding carboxylic acids is 2. The van der Waals surface area contributed by atoms with Crippen LogP contribution >= 0.6 is 0 Å². The van der Waals surface area contributed by atoms with E-state index in [0.717, 1.165) is 0 Å². The first-order valence-electron chi connectivity index (χ1n) is 5.73.